The number of nitrogens with one attached hydrogen (secondary N) is 1. The second-order valence-corrected chi connectivity index (χ2v) is 7.13. The van der Waals surface area contributed by atoms with Gasteiger partial charge in [-0.15, -0.1) is 0 Å². The van der Waals surface area contributed by atoms with E-state index in [-0.39, 0.29) is 35.9 Å². The van der Waals surface area contributed by atoms with Gasteiger partial charge in [0.05, 0.1) is 11.9 Å². The minimum absolute atomic E-state index is 0.0681. The third kappa shape index (κ3) is 4.21. The Balaban J connectivity index is 1.64. The molecule has 1 aromatic carbocycles. The average molecular weight is 343 g/mol. The van der Waals surface area contributed by atoms with Gasteiger partial charge in [-0.3, -0.25) is 14.9 Å². The van der Waals surface area contributed by atoms with Crippen LogP contribution in [0.3, 0.4) is 0 Å². The van der Waals surface area contributed by atoms with Crippen LogP contribution in [0.4, 0.5) is 0 Å². The van der Waals surface area contributed by atoms with Crippen LogP contribution in [0.5, 0.6) is 5.75 Å². The van der Waals surface area contributed by atoms with Crippen LogP contribution < -0.4 is 10.1 Å². The lowest BCUT2D eigenvalue weighted by molar-refractivity contribution is -0.136. The van der Waals surface area contributed by atoms with E-state index < -0.39 is 0 Å². The van der Waals surface area contributed by atoms with Crippen molar-refractivity contribution in [1.29, 1.82) is 0 Å². The molecule has 5 nitrogen and oxygen atoms in total. The molecule has 2 aliphatic heterocycles. The molecule has 0 spiro atoms. The number of hydrogen-bond donors (Lipinski definition) is 1. The maximum absolute atomic E-state index is 12.0. The topological polar surface area (TPSA) is 64.6 Å². The number of ether oxygens (including phenoxy) is 2. The Morgan fingerprint density at radius 2 is 2.12 bits per heavy atom. The number of piperidine rings is 1. The first-order chi connectivity index (χ1) is 11.9. The first kappa shape index (κ1) is 17.5. The summed E-state index contributed by atoms with van der Waals surface area (Å²) in [6.07, 6.45) is 2.54. The fourth-order valence-electron chi connectivity index (χ4n) is 3.52. The third-order valence-electron chi connectivity index (χ3n) is 4.77. The summed E-state index contributed by atoms with van der Waals surface area (Å²) in [6, 6.07) is 7.94. The van der Waals surface area contributed by atoms with E-state index in [1.807, 2.05) is 38.1 Å². The van der Waals surface area contributed by atoms with Crippen LogP contribution in [-0.2, 0) is 14.3 Å². The normalized spacial score (nSPS) is 26.5. The van der Waals surface area contributed by atoms with Crippen LogP contribution in [0, 0.1) is 11.8 Å². The SMILES string of the molecule is C=C1O[C@@H](c2cccc(OC(C)C)c2)CC1CC1CCC(=O)NC1=O. The molecule has 2 fully saturated rings. The molecule has 0 saturated carbocycles. The molecule has 3 atom stereocenters. The lowest BCUT2D eigenvalue weighted by Crippen LogP contribution is -2.41. The van der Waals surface area contributed by atoms with E-state index in [2.05, 4.69) is 11.9 Å². The summed E-state index contributed by atoms with van der Waals surface area (Å²) in [5.41, 5.74) is 1.06. The molecule has 0 aliphatic carbocycles. The van der Waals surface area contributed by atoms with Gasteiger partial charge in [0.15, 0.2) is 0 Å². The second kappa shape index (κ2) is 7.30. The van der Waals surface area contributed by atoms with Crippen molar-refractivity contribution < 1.29 is 19.1 Å². The lowest BCUT2D eigenvalue weighted by Gasteiger charge is -2.22. The predicted octanol–water partition coefficient (Wildman–Crippen LogP) is 3.51. The summed E-state index contributed by atoms with van der Waals surface area (Å²) in [6.45, 7) is 8.03. The highest BCUT2D eigenvalue weighted by molar-refractivity contribution is 5.98. The smallest absolute Gasteiger partial charge is 0.229 e. The van der Waals surface area contributed by atoms with E-state index in [1.165, 1.54) is 0 Å². The Bertz CT molecular complexity index is 682. The Morgan fingerprint density at radius 1 is 1.32 bits per heavy atom. The van der Waals surface area contributed by atoms with Crippen molar-refractivity contribution in [3.8, 4) is 5.75 Å². The summed E-state index contributed by atoms with van der Waals surface area (Å²) in [5, 5.41) is 2.42. The van der Waals surface area contributed by atoms with Crippen LogP contribution in [0.2, 0.25) is 0 Å². The Kier molecular flexibility index (Phi) is 5.11. The Hall–Kier alpha value is -2.30. The summed E-state index contributed by atoms with van der Waals surface area (Å²) >= 11 is 0. The van der Waals surface area contributed by atoms with E-state index >= 15 is 0 Å². The van der Waals surface area contributed by atoms with Crippen LogP contribution in [0.15, 0.2) is 36.6 Å². The lowest BCUT2D eigenvalue weighted by atomic mass is 9.85. The number of carbonyl (C=O) groups is 2. The van der Waals surface area contributed by atoms with Crippen LogP contribution in [-0.4, -0.2) is 17.9 Å². The van der Waals surface area contributed by atoms with Crippen LogP contribution in [0.1, 0.15) is 51.2 Å². The molecule has 0 bridgehead atoms. The average Bonchev–Trinajstić information content (AvgIpc) is 2.91. The molecule has 25 heavy (non-hydrogen) atoms. The fraction of sp³-hybridized carbons (Fsp3) is 0.500. The van der Waals surface area contributed by atoms with Gasteiger partial charge in [0.1, 0.15) is 11.9 Å². The molecule has 2 unspecified atom stereocenters. The van der Waals surface area contributed by atoms with Gasteiger partial charge in [0.25, 0.3) is 0 Å². The van der Waals surface area contributed by atoms with Crippen molar-refractivity contribution in [2.24, 2.45) is 11.8 Å². The van der Waals surface area contributed by atoms with Gasteiger partial charge in [0, 0.05) is 18.3 Å². The van der Waals surface area contributed by atoms with Gasteiger partial charge in [-0.1, -0.05) is 18.7 Å². The van der Waals surface area contributed by atoms with Gasteiger partial charge in [-0.05, 0) is 50.8 Å². The Labute approximate surface area is 148 Å². The van der Waals surface area contributed by atoms with E-state index in [0.717, 1.165) is 23.5 Å². The highest BCUT2D eigenvalue weighted by atomic mass is 16.5. The van der Waals surface area contributed by atoms with Crippen molar-refractivity contribution in [2.75, 3.05) is 0 Å². The quantitative estimate of drug-likeness (QED) is 0.831. The van der Waals surface area contributed by atoms with E-state index in [4.69, 9.17) is 9.47 Å². The third-order valence-corrected chi connectivity index (χ3v) is 4.77. The summed E-state index contributed by atoms with van der Waals surface area (Å²) in [7, 11) is 0. The van der Waals surface area contributed by atoms with Crippen molar-refractivity contribution in [2.45, 2.75) is 51.7 Å². The molecule has 2 heterocycles. The molecule has 2 saturated heterocycles. The largest absolute Gasteiger partial charge is 0.491 e. The zero-order chi connectivity index (χ0) is 18.0. The molecular weight excluding hydrogens is 318 g/mol. The van der Waals surface area contributed by atoms with Gasteiger partial charge in [0.2, 0.25) is 11.8 Å². The highest BCUT2D eigenvalue weighted by Crippen LogP contribution is 2.43. The zero-order valence-electron chi connectivity index (χ0n) is 14.8. The van der Waals surface area contributed by atoms with Gasteiger partial charge >= 0.3 is 0 Å². The molecular formula is C20H25NO4. The van der Waals surface area contributed by atoms with E-state index in [0.29, 0.717) is 19.3 Å². The van der Waals surface area contributed by atoms with Crippen LogP contribution in [0.25, 0.3) is 0 Å². The molecule has 0 aromatic heterocycles. The molecule has 2 amide bonds. The molecule has 2 aliphatic rings. The van der Waals surface area contributed by atoms with E-state index in [9.17, 15) is 9.59 Å². The summed E-state index contributed by atoms with van der Waals surface area (Å²) in [4.78, 5) is 23.3. The fourth-order valence-corrected chi connectivity index (χ4v) is 3.52. The van der Waals surface area contributed by atoms with Crippen molar-refractivity contribution in [1.82, 2.24) is 5.32 Å². The standard InChI is InChI=1S/C20H25NO4/c1-12(2)24-17-6-4-5-14(10-17)18-11-16(13(3)25-18)9-15-7-8-19(22)21-20(15)23/h4-6,10,12,15-16,18H,3,7-9,11H2,1-2H3,(H,21,22,23)/t15?,16?,18-/m1/s1. The van der Waals surface area contributed by atoms with Gasteiger partial charge < -0.3 is 9.47 Å². The first-order valence-electron chi connectivity index (χ1n) is 8.88. The monoisotopic (exact) mass is 343 g/mol. The van der Waals surface area contributed by atoms with Crippen molar-refractivity contribution >= 4 is 11.8 Å². The van der Waals surface area contributed by atoms with Crippen molar-refractivity contribution in [3.63, 3.8) is 0 Å². The molecule has 1 N–H and O–H groups in total. The van der Waals surface area contributed by atoms with Gasteiger partial charge in [-0.25, -0.2) is 0 Å². The Morgan fingerprint density at radius 3 is 2.84 bits per heavy atom. The van der Waals surface area contributed by atoms with Gasteiger partial charge in [-0.2, -0.15) is 0 Å². The molecule has 5 heteroatoms. The number of hydrogen-bond acceptors (Lipinski definition) is 4. The molecule has 1 aromatic rings. The highest BCUT2D eigenvalue weighted by Gasteiger charge is 2.36. The maximum Gasteiger partial charge on any atom is 0.229 e. The number of benzene rings is 1. The summed E-state index contributed by atoms with van der Waals surface area (Å²) in [5.74, 6) is 1.20. The predicted molar refractivity (Wildman–Crippen MR) is 93.8 cm³/mol. The van der Waals surface area contributed by atoms with Crippen LogP contribution >= 0.6 is 0 Å². The first-order valence-corrected chi connectivity index (χ1v) is 8.88. The number of carbonyl (C=O) groups excluding carboxylic acids is 2. The maximum atomic E-state index is 12.0. The summed E-state index contributed by atoms with van der Waals surface area (Å²) < 4.78 is 11.7. The zero-order valence-corrected chi connectivity index (χ0v) is 14.8. The number of allylic oxidation sites excluding steroid dienone is 1. The minimum Gasteiger partial charge on any atom is -0.491 e. The number of imide groups is 1. The van der Waals surface area contributed by atoms with E-state index in [1.54, 1.807) is 0 Å². The second-order valence-electron chi connectivity index (χ2n) is 7.13. The molecule has 3 rings (SSSR count). The molecule has 134 valence electrons. The van der Waals surface area contributed by atoms with Crippen molar-refractivity contribution in [3.05, 3.63) is 42.2 Å². The number of amides is 2. The number of rotatable bonds is 5. The molecule has 0 radical (unpaired) electrons. The minimum atomic E-state index is -0.178.